The number of carbonyl (C=O) groups is 1. The summed E-state index contributed by atoms with van der Waals surface area (Å²) in [7, 11) is 0. The molecule has 1 unspecified atom stereocenters. The Balaban J connectivity index is 1.28. The number of nitrogens with one attached hydrogen (secondary N) is 4. The van der Waals surface area contributed by atoms with Crippen molar-refractivity contribution in [3.8, 4) is 0 Å². The molecular weight excluding hydrogens is 374 g/mol. The normalized spacial score (nSPS) is 20.4. The van der Waals surface area contributed by atoms with Gasteiger partial charge in [0, 0.05) is 22.6 Å². The Morgan fingerprint density at radius 1 is 1.25 bits per heavy atom. The average molecular weight is 394 g/mol. The molecule has 0 radical (unpaired) electrons. The number of nitrogens with zero attached hydrogens (tertiary/aromatic N) is 3. The summed E-state index contributed by atoms with van der Waals surface area (Å²) in [6.07, 6.45) is 9.66. The van der Waals surface area contributed by atoms with Crippen LogP contribution in [0, 0.1) is 5.92 Å². The van der Waals surface area contributed by atoms with Gasteiger partial charge in [-0.2, -0.15) is 5.10 Å². The summed E-state index contributed by atoms with van der Waals surface area (Å²) >= 11 is 1.63. The van der Waals surface area contributed by atoms with E-state index in [1.54, 1.807) is 18.1 Å². The van der Waals surface area contributed by atoms with Crippen LogP contribution in [0.1, 0.15) is 12.8 Å². The molecule has 142 valence electrons. The molecule has 0 bridgehead atoms. The molecule has 1 amide bonds. The van der Waals surface area contributed by atoms with E-state index in [4.69, 9.17) is 0 Å². The summed E-state index contributed by atoms with van der Waals surface area (Å²) in [6, 6.07) is 9.84. The minimum absolute atomic E-state index is 0.128. The zero-order chi connectivity index (χ0) is 18.9. The number of amides is 1. The molecule has 2 aliphatic heterocycles. The Labute approximate surface area is 166 Å². The van der Waals surface area contributed by atoms with Gasteiger partial charge < -0.3 is 5.32 Å². The van der Waals surface area contributed by atoms with Gasteiger partial charge in [0.25, 0.3) is 0 Å². The zero-order valence-corrected chi connectivity index (χ0v) is 15.9. The van der Waals surface area contributed by atoms with Crippen LogP contribution in [0.3, 0.4) is 0 Å². The topological polar surface area (TPSA) is 89.9 Å². The number of aromatic nitrogens is 2. The molecule has 1 aliphatic carbocycles. The van der Waals surface area contributed by atoms with Gasteiger partial charge in [0.2, 0.25) is 17.6 Å². The van der Waals surface area contributed by atoms with E-state index in [2.05, 4.69) is 36.3 Å². The molecular formula is C19H20N7OS+. The van der Waals surface area contributed by atoms with Gasteiger partial charge in [0.15, 0.2) is 0 Å². The fraction of sp³-hybridized carbons (Fsp3) is 0.211. The van der Waals surface area contributed by atoms with Crippen molar-refractivity contribution in [2.45, 2.75) is 17.7 Å². The third-order valence-electron chi connectivity index (χ3n) is 4.71. The lowest BCUT2D eigenvalue weighted by Crippen LogP contribution is -3.10. The Kier molecular flexibility index (Phi) is 4.38. The molecule has 3 aliphatic rings. The third kappa shape index (κ3) is 3.67. The molecule has 0 spiro atoms. The molecule has 5 rings (SSSR count). The second kappa shape index (κ2) is 7.17. The van der Waals surface area contributed by atoms with E-state index in [1.165, 1.54) is 0 Å². The van der Waals surface area contributed by atoms with Gasteiger partial charge in [-0.1, -0.05) is 0 Å². The van der Waals surface area contributed by atoms with Crippen molar-refractivity contribution in [2.75, 3.05) is 17.2 Å². The fourth-order valence-electron chi connectivity index (χ4n) is 3.10. The van der Waals surface area contributed by atoms with E-state index in [-0.39, 0.29) is 11.8 Å². The quantitative estimate of drug-likeness (QED) is 0.561. The SMILES string of the molecule is O=C(Nc1ccc(SN2C=C(Nc3ccn[nH]3)[NH+]3C=CN=C3C2)cc1)C1CC1. The highest BCUT2D eigenvalue weighted by molar-refractivity contribution is 7.97. The van der Waals surface area contributed by atoms with Gasteiger partial charge in [-0.25, -0.2) is 9.89 Å². The first-order valence-corrected chi connectivity index (χ1v) is 9.97. The van der Waals surface area contributed by atoms with Crippen LogP contribution in [0.25, 0.3) is 0 Å². The number of H-pyrrole nitrogens is 1. The number of rotatable bonds is 6. The Morgan fingerprint density at radius 3 is 2.86 bits per heavy atom. The zero-order valence-electron chi connectivity index (χ0n) is 15.1. The lowest BCUT2D eigenvalue weighted by molar-refractivity contribution is -0.699. The number of quaternary nitrogens is 1. The van der Waals surface area contributed by atoms with E-state index in [9.17, 15) is 4.79 Å². The van der Waals surface area contributed by atoms with Gasteiger partial charge in [-0.05, 0) is 49.1 Å². The van der Waals surface area contributed by atoms with Crippen LogP contribution in [-0.2, 0) is 4.79 Å². The number of hydrogen-bond acceptors (Lipinski definition) is 6. The van der Waals surface area contributed by atoms with Gasteiger partial charge in [0.05, 0.1) is 18.6 Å². The number of carbonyl (C=O) groups excluding carboxylic acids is 1. The first-order chi connectivity index (χ1) is 13.7. The minimum atomic E-state index is 0.128. The minimum Gasteiger partial charge on any atom is -0.326 e. The van der Waals surface area contributed by atoms with Crippen LogP contribution in [0.15, 0.2) is 70.8 Å². The smallest absolute Gasteiger partial charge is 0.233 e. The van der Waals surface area contributed by atoms with Crippen LogP contribution in [-0.4, -0.2) is 32.8 Å². The number of fused-ring (bicyclic) bond motifs is 1. The molecule has 1 fully saturated rings. The molecule has 2 aromatic rings. The average Bonchev–Trinajstić information content (AvgIpc) is 3.22. The second-order valence-electron chi connectivity index (χ2n) is 6.90. The maximum atomic E-state index is 11.9. The number of amidine groups is 1. The fourth-order valence-corrected chi connectivity index (χ4v) is 3.97. The summed E-state index contributed by atoms with van der Waals surface area (Å²) < 4.78 is 2.14. The third-order valence-corrected chi connectivity index (χ3v) is 5.67. The van der Waals surface area contributed by atoms with Crippen molar-refractivity contribution >= 4 is 35.2 Å². The Hall–Kier alpha value is -3.04. The van der Waals surface area contributed by atoms with Gasteiger partial charge in [-0.15, -0.1) is 0 Å². The van der Waals surface area contributed by atoms with Gasteiger partial charge in [0.1, 0.15) is 18.6 Å². The van der Waals surface area contributed by atoms with Gasteiger partial charge in [-0.3, -0.25) is 19.5 Å². The van der Waals surface area contributed by atoms with E-state index in [0.717, 1.165) is 52.3 Å². The van der Waals surface area contributed by atoms with Crippen molar-refractivity contribution in [3.63, 3.8) is 0 Å². The predicted molar refractivity (Wildman–Crippen MR) is 108 cm³/mol. The summed E-state index contributed by atoms with van der Waals surface area (Å²) in [5.74, 6) is 3.18. The van der Waals surface area contributed by atoms with E-state index in [1.807, 2.05) is 42.7 Å². The Bertz CT molecular complexity index is 961. The van der Waals surface area contributed by atoms with Crippen LogP contribution in [0.5, 0.6) is 0 Å². The lowest BCUT2D eigenvalue weighted by atomic mass is 10.3. The molecule has 1 aromatic carbocycles. The van der Waals surface area contributed by atoms with Crippen molar-refractivity contribution in [1.82, 2.24) is 14.5 Å². The summed E-state index contributed by atoms with van der Waals surface area (Å²) in [6.45, 7) is 0.724. The largest absolute Gasteiger partial charge is 0.326 e. The highest BCUT2D eigenvalue weighted by Gasteiger charge is 2.32. The number of anilines is 2. The first kappa shape index (κ1) is 17.1. The highest BCUT2D eigenvalue weighted by atomic mass is 32.2. The molecule has 9 heteroatoms. The van der Waals surface area contributed by atoms with Crippen LogP contribution >= 0.6 is 11.9 Å². The van der Waals surface area contributed by atoms with Crippen LogP contribution < -0.4 is 15.5 Å². The Morgan fingerprint density at radius 2 is 2.11 bits per heavy atom. The molecule has 4 N–H and O–H groups in total. The number of aliphatic imine (C=N–C) groups is 1. The van der Waals surface area contributed by atoms with Crippen molar-refractivity contribution in [1.29, 1.82) is 0 Å². The molecule has 1 atom stereocenters. The maximum Gasteiger partial charge on any atom is 0.233 e. The molecule has 3 heterocycles. The standard InChI is InChI=1S/C19H19N7OS/c27-19(13-1-2-13)22-14-3-5-15(6-4-14)28-25-11-17-20-9-10-26(17)18(12-25)23-16-7-8-21-24-16/h3-10,12-13H,1-2,11H2,(H,22,27)(H2,21,23,24)/p+1. The van der Waals surface area contributed by atoms with Crippen molar-refractivity contribution in [2.24, 2.45) is 10.9 Å². The molecule has 1 aromatic heterocycles. The van der Waals surface area contributed by atoms with Crippen molar-refractivity contribution in [3.05, 3.63) is 60.9 Å². The molecule has 1 saturated carbocycles. The summed E-state index contributed by atoms with van der Waals surface area (Å²) in [5, 5.41) is 13.2. The van der Waals surface area contributed by atoms with Crippen molar-refractivity contribution < 1.29 is 9.69 Å². The number of hydrogen-bond donors (Lipinski definition) is 4. The summed E-state index contributed by atoms with van der Waals surface area (Å²) in [5.41, 5.74) is 0.844. The van der Waals surface area contributed by atoms with Crippen LogP contribution in [0.4, 0.5) is 11.5 Å². The van der Waals surface area contributed by atoms with Gasteiger partial charge >= 0.3 is 0 Å². The van der Waals surface area contributed by atoms with Crippen LogP contribution in [0.2, 0.25) is 0 Å². The summed E-state index contributed by atoms with van der Waals surface area (Å²) in [4.78, 5) is 18.6. The molecule has 28 heavy (non-hydrogen) atoms. The van der Waals surface area contributed by atoms with E-state index in [0.29, 0.717) is 0 Å². The van der Waals surface area contributed by atoms with E-state index < -0.39 is 0 Å². The highest BCUT2D eigenvalue weighted by Crippen LogP contribution is 2.31. The van der Waals surface area contributed by atoms with E-state index >= 15 is 0 Å². The first-order valence-electron chi connectivity index (χ1n) is 9.19. The maximum absolute atomic E-state index is 11.9. The number of benzene rings is 1. The monoisotopic (exact) mass is 394 g/mol. The predicted octanol–water partition coefficient (Wildman–Crippen LogP) is 1.76. The second-order valence-corrected chi connectivity index (χ2v) is 8.02. The molecule has 0 saturated heterocycles. The lowest BCUT2D eigenvalue weighted by Gasteiger charge is -2.27. The molecule has 8 nitrogen and oxygen atoms in total. The number of aromatic amines is 1.